The highest BCUT2D eigenvalue weighted by molar-refractivity contribution is 5.78. The highest BCUT2D eigenvalue weighted by Crippen LogP contribution is 2.33. The SMILES string of the molecule is Cc1cc2nccn2c2c1CN(C(=O)CC1CN(c3ccnc(C(F)(F)F)c3)C1)C2. The van der Waals surface area contributed by atoms with E-state index in [1.54, 1.807) is 12.3 Å². The van der Waals surface area contributed by atoms with E-state index in [4.69, 9.17) is 0 Å². The second-order valence-corrected chi connectivity index (χ2v) is 8.03. The minimum Gasteiger partial charge on any atom is -0.371 e. The van der Waals surface area contributed by atoms with Crippen LogP contribution in [0.15, 0.2) is 36.8 Å². The van der Waals surface area contributed by atoms with Crippen molar-refractivity contribution in [2.24, 2.45) is 5.92 Å². The summed E-state index contributed by atoms with van der Waals surface area (Å²) in [6.45, 7) is 4.31. The molecule has 3 aromatic rings. The molecule has 2 aliphatic rings. The minimum absolute atomic E-state index is 0.0780. The number of fused-ring (bicyclic) bond motifs is 3. The number of alkyl halides is 3. The molecule has 5 heterocycles. The fraction of sp³-hybridized carbons (Fsp3) is 0.381. The number of pyridine rings is 2. The van der Waals surface area contributed by atoms with Crippen molar-refractivity contribution in [1.29, 1.82) is 0 Å². The molecule has 5 rings (SSSR count). The van der Waals surface area contributed by atoms with E-state index < -0.39 is 11.9 Å². The van der Waals surface area contributed by atoms with Crippen LogP contribution in [0.4, 0.5) is 18.9 Å². The first-order valence-electron chi connectivity index (χ1n) is 9.80. The van der Waals surface area contributed by atoms with Gasteiger partial charge in [0.05, 0.1) is 6.54 Å². The van der Waals surface area contributed by atoms with E-state index in [1.165, 1.54) is 11.8 Å². The first kappa shape index (κ1) is 18.9. The first-order chi connectivity index (χ1) is 14.3. The van der Waals surface area contributed by atoms with Crippen LogP contribution in [-0.4, -0.2) is 38.3 Å². The van der Waals surface area contributed by atoms with E-state index in [0.29, 0.717) is 38.3 Å². The zero-order chi connectivity index (χ0) is 21.0. The number of halogens is 3. The molecule has 30 heavy (non-hydrogen) atoms. The summed E-state index contributed by atoms with van der Waals surface area (Å²) in [5, 5.41) is 0. The van der Waals surface area contributed by atoms with Crippen LogP contribution in [0.1, 0.15) is 28.9 Å². The number of carbonyl (C=O) groups is 1. The molecule has 0 unspecified atom stereocenters. The molecule has 0 spiro atoms. The molecule has 0 saturated carbocycles. The van der Waals surface area contributed by atoms with Crippen molar-refractivity contribution in [3.63, 3.8) is 0 Å². The topological polar surface area (TPSA) is 53.7 Å². The van der Waals surface area contributed by atoms with Crippen molar-refractivity contribution in [3.05, 3.63) is 59.3 Å². The van der Waals surface area contributed by atoms with E-state index >= 15 is 0 Å². The average Bonchev–Trinajstić information content (AvgIpc) is 3.30. The van der Waals surface area contributed by atoms with Crippen molar-refractivity contribution in [3.8, 4) is 0 Å². The Kier molecular flexibility index (Phi) is 4.23. The number of amides is 1. The van der Waals surface area contributed by atoms with Gasteiger partial charge in [-0.3, -0.25) is 9.78 Å². The maximum absolute atomic E-state index is 12.9. The Morgan fingerprint density at radius 1 is 1.17 bits per heavy atom. The molecule has 0 aromatic carbocycles. The highest BCUT2D eigenvalue weighted by Gasteiger charge is 2.36. The van der Waals surface area contributed by atoms with Gasteiger partial charge in [0.1, 0.15) is 11.3 Å². The molecule has 0 aliphatic carbocycles. The van der Waals surface area contributed by atoms with Crippen LogP contribution in [0, 0.1) is 12.8 Å². The maximum Gasteiger partial charge on any atom is 0.433 e. The van der Waals surface area contributed by atoms with Gasteiger partial charge in [-0.1, -0.05) is 0 Å². The largest absolute Gasteiger partial charge is 0.433 e. The number of aryl methyl sites for hydroxylation is 1. The molecule has 156 valence electrons. The second-order valence-electron chi connectivity index (χ2n) is 8.03. The Balaban J connectivity index is 1.21. The first-order valence-corrected chi connectivity index (χ1v) is 9.80. The van der Waals surface area contributed by atoms with Crippen LogP contribution in [-0.2, 0) is 24.1 Å². The van der Waals surface area contributed by atoms with Crippen LogP contribution in [0.5, 0.6) is 0 Å². The zero-order valence-corrected chi connectivity index (χ0v) is 16.4. The van der Waals surface area contributed by atoms with E-state index in [9.17, 15) is 18.0 Å². The van der Waals surface area contributed by atoms with Gasteiger partial charge in [0.25, 0.3) is 0 Å². The highest BCUT2D eigenvalue weighted by atomic mass is 19.4. The summed E-state index contributed by atoms with van der Waals surface area (Å²) in [5.74, 6) is 0.215. The molecule has 0 bridgehead atoms. The number of anilines is 1. The van der Waals surface area contributed by atoms with Gasteiger partial charge in [-0.25, -0.2) is 4.98 Å². The van der Waals surface area contributed by atoms with E-state index in [1.807, 2.05) is 33.4 Å². The van der Waals surface area contributed by atoms with Gasteiger partial charge < -0.3 is 14.2 Å². The summed E-state index contributed by atoms with van der Waals surface area (Å²) in [4.78, 5) is 24.3. The fourth-order valence-electron chi connectivity index (χ4n) is 4.35. The van der Waals surface area contributed by atoms with Crippen molar-refractivity contribution >= 4 is 17.2 Å². The van der Waals surface area contributed by atoms with E-state index in [0.717, 1.165) is 23.0 Å². The third-order valence-corrected chi connectivity index (χ3v) is 5.99. The van der Waals surface area contributed by atoms with Crippen LogP contribution in [0.3, 0.4) is 0 Å². The van der Waals surface area contributed by atoms with Gasteiger partial charge in [0, 0.05) is 61.9 Å². The maximum atomic E-state index is 12.9. The van der Waals surface area contributed by atoms with Crippen LogP contribution in [0.2, 0.25) is 0 Å². The third kappa shape index (κ3) is 3.18. The third-order valence-electron chi connectivity index (χ3n) is 5.99. The van der Waals surface area contributed by atoms with Crippen LogP contribution < -0.4 is 4.90 Å². The number of hydrogen-bond acceptors (Lipinski definition) is 4. The summed E-state index contributed by atoms with van der Waals surface area (Å²) < 4.78 is 40.6. The monoisotopic (exact) mass is 415 g/mol. The number of imidazole rings is 1. The molecule has 1 saturated heterocycles. The molecule has 6 nitrogen and oxygen atoms in total. The smallest absolute Gasteiger partial charge is 0.371 e. The molecule has 3 aromatic heterocycles. The Labute approximate surface area is 170 Å². The quantitative estimate of drug-likeness (QED) is 0.658. The number of hydrogen-bond donors (Lipinski definition) is 0. The Bertz CT molecular complexity index is 1130. The summed E-state index contributed by atoms with van der Waals surface area (Å²) in [7, 11) is 0. The number of aromatic nitrogens is 3. The lowest BCUT2D eigenvalue weighted by atomic mass is 9.95. The lowest BCUT2D eigenvalue weighted by Crippen LogP contribution is -2.48. The molecule has 9 heteroatoms. The summed E-state index contributed by atoms with van der Waals surface area (Å²) in [6, 6.07) is 4.67. The average molecular weight is 415 g/mol. The van der Waals surface area contributed by atoms with Gasteiger partial charge in [-0.15, -0.1) is 0 Å². The van der Waals surface area contributed by atoms with Crippen molar-refractivity contribution in [1.82, 2.24) is 19.3 Å². The Hall–Kier alpha value is -3.10. The van der Waals surface area contributed by atoms with E-state index in [-0.39, 0.29) is 11.8 Å². The van der Waals surface area contributed by atoms with Gasteiger partial charge in [-0.05, 0) is 36.2 Å². The number of carbonyl (C=O) groups excluding carboxylic acids is 1. The number of nitrogens with zero attached hydrogens (tertiary/aromatic N) is 5. The van der Waals surface area contributed by atoms with Crippen LogP contribution in [0.25, 0.3) is 5.65 Å². The summed E-state index contributed by atoms with van der Waals surface area (Å²) in [6.07, 6.45) is 0.784. The van der Waals surface area contributed by atoms with Crippen molar-refractivity contribution < 1.29 is 18.0 Å². The molecule has 0 N–H and O–H groups in total. The Morgan fingerprint density at radius 2 is 1.97 bits per heavy atom. The fourth-order valence-corrected chi connectivity index (χ4v) is 4.35. The molecular formula is C21H20F3N5O. The summed E-state index contributed by atoms with van der Waals surface area (Å²) >= 11 is 0. The molecule has 1 fully saturated rings. The predicted molar refractivity (Wildman–Crippen MR) is 104 cm³/mol. The standard InChI is InChI=1S/C21H20F3N5O/c1-13-6-19-26-4-5-29(19)17-12-28(11-16(13)17)20(30)7-14-9-27(10-14)15-2-3-25-18(8-15)21(22,23)24/h2-6,8,14H,7,9-12H2,1H3. The summed E-state index contributed by atoms with van der Waals surface area (Å²) in [5.41, 5.74) is 3.88. The van der Waals surface area contributed by atoms with Crippen molar-refractivity contribution in [2.45, 2.75) is 32.6 Å². The lowest BCUT2D eigenvalue weighted by Gasteiger charge is -2.41. The van der Waals surface area contributed by atoms with Gasteiger partial charge in [0.15, 0.2) is 0 Å². The molecular weight excluding hydrogens is 395 g/mol. The number of rotatable bonds is 3. The molecule has 0 atom stereocenters. The molecule has 1 amide bonds. The molecule has 0 radical (unpaired) electrons. The lowest BCUT2D eigenvalue weighted by molar-refractivity contribution is -0.141. The Morgan fingerprint density at radius 3 is 2.73 bits per heavy atom. The van der Waals surface area contributed by atoms with Crippen molar-refractivity contribution in [2.75, 3.05) is 18.0 Å². The molecule has 2 aliphatic heterocycles. The van der Waals surface area contributed by atoms with E-state index in [2.05, 4.69) is 9.97 Å². The van der Waals surface area contributed by atoms with Gasteiger partial charge in [-0.2, -0.15) is 13.2 Å². The zero-order valence-electron chi connectivity index (χ0n) is 16.4. The van der Waals surface area contributed by atoms with Crippen LogP contribution >= 0.6 is 0 Å². The normalized spacial score (nSPS) is 16.8. The second kappa shape index (κ2) is 6.72. The van der Waals surface area contributed by atoms with Gasteiger partial charge in [0.2, 0.25) is 5.91 Å². The van der Waals surface area contributed by atoms with Gasteiger partial charge >= 0.3 is 6.18 Å². The predicted octanol–water partition coefficient (Wildman–Crippen LogP) is 3.43. The minimum atomic E-state index is -4.46.